The number of methoxy groups -OCH3 is 1. The molecule has 2 aromatic rings. The first kappa shape index (κ1) is 14.7. The number of benzene rings is 1. The molecule has 9 heteroatoms. The minimum atomic E-state index is -0.988. The third-order valence-corrected chi connectivity index (χ3v) is 3.76. The summed E-state index contributed by atoms with van der Waals surface area (Å²) in [5.41, 5.74) is 0.0165. The average Bonchev–Trinajstić information content (AvgIpc) is 2.77. The maximum absolute atomic E-state index is 11.9. The van der Waals surface area contributed by atoms with Gasteiger partial charge in [0.1, 0.15) is 5.75 Å². The quantitative estimate of drug-likeness (QED) is 0.785. The molecule has 1 aromatic heterocycles. The molecule has 0 bridgehead atoms. The van der Waals surface area contributed by atoms with Crippen molar-refractivity contribution >= 4 is 33.7 Å². The molecule has 2 rings (SSSR count). The fourth-order valence-electron chi connectivity index (χ4n) is 1.56. The molecule has 1 heterocycles. The zero-order valence-electron chi connectivity index (χ0n) is 10.3. The highest BCUT2D eigenvalue weighted by molar-refractivity contribution is 9.10. The van der Waals surface area contributed by atoms with Crippen LogP contribution in [0, 0.1) is 0 Å². The van der Waals surface area contributed by atoms with Gasteiger partial charge in [0, 0.05) is 4.47 Å². The topological polar surface area (TPSA) is 97.2 Å². The number of aromatic amines is 1. The Morgan fingerprint density at radius 3 is 3.00 bits per heavy atom. The molecule has 0 radical (unpaired) electrons. The van der Waals surface area contributed by atoms with Crippen molar-refractivity contribution in [2.75, 3.05) is 12.9 Å². The van der Waals surface area contributed by atoms with E-state index in [2.05, 4.69) is 26.1 Å². The van der Waals surface area contributed by atoms with Gasteiger partial charge < -0.3 is 9.84 Å². The van der Waals surface area contributed by atoms with Gasteiger partial charge in [-0.15, -0.1) is 5.10 Å². The molecule has 0 unspecified atom stereocenters. The van der Waals surface area contributed by atoms with Crippen molar-refractivity contribution in [1.82, 2.24) is 14.8 Å². The molecule has 0 amide bonds. The zero-order valence-corrected chi connectivity index (χ0v) is 12.7. The lowest BCUT2D eigenvalue weighted by atomic mass is 10.3. The molecule has 7 nitrogen and oxygen atoms in total. The minimum Gasteiger partial charge on any atom is -0.495 e. The average molecular weight is 360 g/mol. The van der Waals surface area contributed by atoms with Gasteiger partial charge in [-0.05, 0) is 18.2 Å². The molecule has 2 N–H and O–H groups in total. The smallest absolute Gasteiger partial charge is 0.348 e. The molecular weight excluding hydrogens is 350 g/mol. The molecule has 0 saturated heterocycles. The number of nitrogens with zero attached hydrogens (tertiary/aromatic N) is 2. The molecule has 0 fully saturated rings. The van der Waals surface area contributed by atoms with Crippen LogP contribution in [0.25, 0.3) is 5.69 Å². The van der Waals surface area contributed by atoms with Crippen LogP contribution < -0.4 is 10.4 Å². The summed E-state index contributed by atoms with van der Waals surface area (Å²) in [7, 11) is 1.49. The third-order valence-electron chi connectivity index (χ3n) is 2.35. The van der Waals surface area contributed by atoms with Gasteiger partial charge >= 0.3 is 11.7 Å². The number of rotatable bonds is 5. The van der Waals surface area contributed by atoms with Gasteiger partial charge in [-0.1, -0.05) is 27.7 Å². The molecule has 0 aliphatic heterocycles. The molecule has 106 valence electrons. The van der Waals surface area contributed by atoms with E-state index in [1.807, 2.05) is 0 Å². The third kappa shape index (κ3) is 3.05. The highest BCUT2D eigenvalue weighted by Gasteiger charge is 2.16. The van der Waals surface area contributed by atoms with Crippen molar-refractivity contribution in [3.63, 3.8) is 0 Å². The van der Waals surface area contributed by atoms with Crippen molar-refractivity contribution in [2.24, 2.45) is 0 Å². The van der Waals surface area contributed by atoms with Crippen LogP contribution in [0.3, 0.4) is 0 Å². The summed E-state index contributed by atoms with van der Waals surface area (Å²) in [6, 6.07) is 5.17. The Labute approximate surface area is 126 Å². The van der Waals surface area contributed by atoms with Gasteiger partial charge in [0.15, 0.2) is 5.16 Å². The number of carboxylic acid groups (broad SMARTS) is 1. The number of aliphatic carboxylic acids is 1. The van der Waals surface area contributed by atoms with Crippen LogP contribution in [0.5, 0.6) is 5.75 Å². The maximum Gasteiger partial charge on any atom is 0.348 e. The number of ether oxygens (including phenoxy) is 1. The molecule has 0 aliphatic carbocycles. The Morgan fingerprint density at radius 2 is 2.35 bits per heavy atom. The summed E-state index contributed by atoms with van der Waals surface area (Å²) in [6.45, 7) is 0. The van der Waals surface area contributed by atoms with Crippen LogP contribution in [0.1, 0.15) is 0 Å². The van der Waals surface area contributed by atoms with Gasteiger partial charge in [-0.25, -0.2) is 14.5 Å². The van der Waals surface area contributed by atoms with Crippen LogP contribution in [-0.2, 0) is 4.79 Å². The van der Waals surface area contributed by atoms with Gasteiger partial charge in [0.25, 0.3) is 0 Å². The number of hydrogen-bond acceptors (Lipinski definition) is 5. The number of nitrogens with one attached hydrogen (secondary N) is 1. The predicted molar refractivity (Wildman–Crippen MR) is 76.8 cm³/mol. The molecular formula is C11H10BrN3O4S. The highest BCUT2D eigenvalue weighted by Crippen LogP contribution is 2.28. The standard InChI is InChI=1S/C11H10BrN3O4S/c1-19-8-3-2-6(12)4-7(8)15-10(18)13-14-11(15)20-5-9(16)17/h2-4H,5H2,1H3,(H,13,18)(H,16,17). The first-order valence-corrected chi connectivity index (χ1v) is 7.16. The largest absolute Gasteiger partial charge is 0.495 e. The van der Waals surface area contributed by atoms with E-state index in [4.69, 9.17) is 9.84 Å². The van der Waals surface area contributed by atoms with Crippen molar-refractivity contribution in [3.05, 3.63) is 33.2 Å². The number of H-pyrrole nitrogens is 1. The van der Waals surface area contributed by atoms with E-state index < -0.39 is 11.7 Å². The second-order valence-electron chi connectivity index (χ2n) is 3.65. The van der Waals surface area contributed by atoms with E-state index in [1.54, 1.807) is 18.2 Å². The Hall–Kier alpha value is -1.74. The Bertz CT molecular complexity index is 697. The fourth-order valence-corrected chi connectivity index (χ4v) is 2.58. The zero-order chi connectivity index (χ0) is 14.7. The second-order valence-corrected chi connectivity index (χ2v) is 5.50. The van der Waals surface area contributed by atoms with Crippen LogP contribution in [0.15, 0.2) is 32.6 Å². The number of carbonyl (C=O) groups is 1. The molecule has 0 saturated carbocycles. The van der Waals surface area contributed by atoms with E-state index in [9.17, 15) is 9.59 Å². The van der Waals surface area contributed by atoms with E-state index >= 15 is 0 Å². The number of hydrogen-bond donors (Lipinski definition) is 2. The van der Waals surface area contributed by atoms with Crippen molar-refractivity contribution in [1.29, 1.82) is 0 Å². The Balaban J connectivity index is 2.52. The lowest BCUT2D eigenvalue weighted by Crippen LogP contribution is -2.16. The lowest BCUT2D eigenvalue weighted by Gasteiger charge is -2.10. The van der Waals surface area contributed by atoms with Gasteiger partial charge in [0.05, 0.1) is 18.6 Å². The monoisotopic (exact) mass is 359 g/mol. The summed E-state index contributed by atoms with van der Waals surface area (Å²) in [5, 5.41) is 15.1. The van der Waals surface area contributed by atoms with Crippen molar-refractivity contribution < 1.29 is 14.6 Å². The van der Waals surface area contributed by atoms with E-state index in [0.29, 0.717) is 11.4 Å². The van der Waals surface area contributed by atoms with Crippen LogP contribution in [0.4, 0.5) is 0 Å². The van der Waals surface area contributed by atoms with Gasteiger partial charge in [-0.2, -0.15) is 0 Å². The van der Waals surface area contributed by atoms with Gasteiger partial charge in [-0.3, -0.25) is 4.79 Å². The first-order chi connectivity index (χ1) is 9.52. The van der Waals surface area contributed by atoms with Gasteiger partial charge in [0.2, 0.25) is 0 Å². The number of aromatic nitrogens is 3. The Kier molecular flexibility index (Phi) is 4.50. The van der Waals surface area contributed by atoms with E-state index in [-0.39, 0.29) is 10.9 Å². The number of carboxylic acids is 1. The summed E-state index contributed by atoms with van der Waals surface area (Å²) in [4.78, 5) is 22.5. The second kappa shape index (κ2) is 6.14. The number of thioether (sulfide) groups is 1. The summed E-state index contributed by atoms with van der Waals surface area (Å²) < 4.78 is 7.25. The number of halogens is 1. The summed E-state index contributed by atoms with van der Waals surface area (Å²) in [6.07, 6.45) is 0. The Morgan fingerprint density at radius 1 is 1.60 bits per heavy atom. The molecule has 0 atom stereocenters. The fraction of sp³-hybridized carbons (Fsp3) is 0.182. The molecule has 0 spiro atoms. The van der Waals surface area contributed by atoms with Crippen molar-refractivity contribution in [2.45, 2.75) is 5.16 Å². The van der Waals surface area contributed by atoms with Crippen LogP contribution in [-0.4, -0.2) is 38.7 Å². The van der Waals surface area contributed by atoms with Crippen molar-refractivity contribution in [3.8, 4) is 11.4 Å². The molecule has 0 aliphatic rings. The normalized spacial score (nSPS) is 10.5. The first-order valence-electron chi connectivity index (χ1n) is 5.39. The minimum absolute atomic E-state index is 0.194. The van der Waals surface area contributed by atoms with Crippen LogP contribution >= 0.6 is 27.7 Å². The maximum atomic E-state index is 11.9. The predicted octanol–water partition coefficient (Wildman–Crippen LogP) is 1.51. The lowest BCUT2D eigenvalue weighted by molar-refractivity contribution is -0.133. The summed E-state index contributed by atoms with van der Waals surface area (Å²) >= 11 is 4.27. The van der Waals surface area contributed by atoms with E-state index in [0.717, 1.165) is 16.2 Å². The molecule has 20 heavy (non-hydrogen) atoms. The SMILES string of the molecule is COc1ccc(Br)cc1-n1c(SCC(=O)O)n[nH]c1=O. The van der Waals surface area contributed by atoms with E-state index in [1.165, 1.54) is 11.7 Å². The summed E-state index contributed by atoms with van der Waals surface area (Å²) in [5.74, 6) is -0.701. The van der Waals surface area contributed by atoms with Crippen LogP contribution in [0.2, 0.25) is 0 Å². The highest BCUT2D eigenvalue weighted by atomic mass is 79.9. The molecule has 1 aromatic carbocycles.